The molecule has 0 radical (unpaired) electrons. The van der Waals surface area contributed by atoms with Gasteiger partial charge in [0.25, 0.3) is 10.0 Å². The van der Waals surface area contributed by atoms with E-state index in [2.05, 4.69) is 4.72 Å². The predicted octanol–water partition coefficient (Wildman–Crippen LogP) is 2.01. The molecule has 1 aromatic carbocycles. The second-order valence-corrected chi connectivity index (χ2v) is 6.88. The lowest BCUT2D eigenvalue weighted by atomic mass is 10.3. The maximum absolute atomic E-state index is 12.3. The van der Waals surface area contributed by atoms with Crippen LogP contribution in [0.2, 0.25) is 0 Å². The highest BCUT2D eigenvalue weighted by atomic mass is 32.2. The van der Waals surface area contributed by atoms with E-state index in [-0.39, 0.29) is 4.90 Å². The maximum atomic E-state index is 12.3. The average Bonchev–Trinajstić information content (AvgIpc) is 2.81. The molecule has 7 heteroatoms. The molecule has 5 nitrogen and oxygen atoms in total. The molecule has 0 aliphatic heterocycles. The number of sulfonamides is 1. The van der Waals surface area contributed by atoms with E-state index in [1.807, 2.05) is 18.4 Å². The minimum absolute atomic E-state index is 0.217. The molecule has 2 rings (SSSR count). The van der Waals surface area contributed by atoms with Gasteiger partial charge in [0.05, 0.1) is 0 Å². The molecule has 2 aromatic rings. The summed E-state index contributed by atoms with van der Waals surface area (Å²) in [6, 6.07) is 8.82. The van der Waals surface area contributed by atoms with Gasteiger partial charge in [-0.1, -0.05) is 0 Å². The van der Waals surface area contributed by atoms with Crippen LogP contribution in [0.25, 0.3) is 0 Å². The fraction of sp³-hybridized carbons (Fsp3) is 0.231. The minimum atomic E-state index is -3.58. The molecule has 0 bridgehead atoms. The highest BCUT2D eigenvalue weighted by Gasteiger charge is 2.17. The van der Waals surface area contributed by atoms with Gasteiger partial charge in [-0.25, -0.2) is 8.42 Å². The van der Waals surface area contributed by atoms with Crippen LogP contribution in [0.15, 0.2) is 46.3 Å². The summed E-state index contributed by atoms with van der Waals surface area (Å²) in [4.78, 5) is 1.30. The number of anilines is 1. The second kappa shape index (κ2) is 5.90. The number of aromatic nitrogens is 1. The third-order valence-electron chi connectivity index (χ3n) is 2.94. The molecule has 3 N–H and O–H groups in total. The van der Waals surface area contributed by atoms with Crippen LogP contribution in [-0.4, -0.2) is 19.2 Å². The van der Waals surface area contributed by atoms with Crippen LogP contribution < -0.4 is 10.5 Å². The Balaban J connectivity index is 2.25. The molecular weight excluding hydrogens is 294 g/mol. The lowest BCUT2D eigenvalue weighted by molar-refractivity contribution is 0.601. The molecule has 0 aliphatic carbocycles. The van der Waals surface area contributed by atoms with Crippen molar-refractivity contribution in [2.45, 2.75) is 16.3 Å². The topological polar surface area (TPSA) is 77.1 Å². The number of thioether (sulfide) groups is 1. The van der Waals surface area contributed by atoms with Crippen molar-refractivity contribution in [1.82, 2.24) is 4.57 Å². The minimum Gasteiger partial charge on any atom is -0.352 e. The number of hydrogen-bond acceptors (Lipinski definition) is 4. The van der Waals surface area contributed by atoms with Crippen molar-refractivity contribution < 1.29 is 8.42 Å². The van der Waals surface area contributed by atoms with E-state index in [0.29, 0.717) is 12.2 Å². The second-order valence-electron chi connectivity index (χ2n) is 4.32. The fourth-order valence-electron chi connectivity index (χ4n) is 1.80. The van der Waals surface area contributed by atoms with Crippen LogP contribution >= 0.6 is 11.8 Å². The first kappa shape index (κ1) is 15.0. The molecule has 0 aliphatic rings. The van der Waals surface area contributed by atoms with Gasteiger partial charge >= 0.3 is 0 Å². The van der Waals surface area contributed by atoms with Crippen molar-refractivity contribution in [1.29, 1.82) is 0 Å². The van der Waals surface area contributed by atoms with Crippen LogP contribution in [0.4, 0.5) is 5.69 Å². The molecule has 0 fully saturated rings. The third kappa shape index (κ3) is 3.17. The molecule has 20 heavy (non-hydrogen) atoms. The normalized spacial score (nSPS) is 11.6. The van der Waals surface area contributed by atoms with E-state index in [4.69, 9.17) is 5.73 Å². The monoisotopic (exact) mass is 311 g/mol. The zero-order chi connectivity index (χ0) is 14.8. The molecule has 0 spiro atoms. The summed E-state index contributed by atoms with van der Waals surface area (Å²) in [7, 11) is -1.81. The summed E-state index contributed by atoms with van der Waals surface area (Å²) >= 11 is 1.61. The Morgan fingerprint density at radius 2 is 1.95 bits per heavy atom. The zero-order valence-corrected chi connectivity index (χ0v) is 13.0. The molecule has 0 amide bonds. The van der Waals surface area contributed by atoms with Crippen LogP contribution in [0, 0.1) is 0 Å². The Morgan fingerprint density at radius 1 is 1.30 bits per heavy atom. The predicted molar refractivity (Wildman–Crippen MR) is 82.3 cm³/mol. The van der Waals surface area contributed by atoms with Gasteiger partial charge in [-0.2, -0.15) is 0 Å². The van der Waals surface area contributed by atoms with E-state index in [1.54, 1.807) is 47.8 Å². The van der Waals surface area contributed by atoms with Crippen LogP contribution in [-0.2, 0) is 23.6 Å². The quantitative estimate of drug-likeness (QED) is 0.828. The highest BCUT2D eigenvalue weighted by molar-refractivity contribution is 7.98. The molecular formula is C13H17N3O2S2. The number of benzene rings is 1. The van der Waals surface area contributed by atoms with E-state index < -0.39 is 10.0 Å². The number of aryl methyl sites for hydroxylation is 1. The van der Waals surface area contributed by atoms with Crippen LogP contribution in [0.5, 0.6) is 0 Å². The first-order chi connectivity index (χ1) is 9.46. The largest absolute Gasteiger partial charge is 0.352 e. The Morgan fingerprint density at radius 3 is 2.45 bits per heavy atom. The Hall–Kier alpha value is -1.44. The Kier molecular flexibility index (Phi) is 4.42. The van der Waals surface area contributed by atoms with Gasteiger partial charge < -0.3 is 10.3 Å². The van der Waals surface area contributed by atoms with Gasteiger partial charge in [0.15, 0.2) is 0 Å². The Bertz CT molecular complexity index is 691. The SMILES string of the molecule is CSc1ccc(NS(=O)(=O)c2cc(CN)n(C)c2)cc1. The summed E-state index contributed by atoms with van der Waals surface area (Å²) in [5.74, 6) is 0. The third-order valence-corrected chi connectivity index (χ3v) is 5.04. The van der Waals surface area contributed by atoms with Crippen molar-refractivity contribution in [3.05, 3.63) is 42.2 Å². The number of nitrogens with one attached hydrogen (secondary N) is 1. The summed E-state index contributed by atoms with van der Waals surface area (Å²) in [5, 5.41) is 0. The fourth-order valence-corrected chi connectivity index (χ4v) is 3.36. The van der Waals surface area contributed by atoms with E-state index in [1.165, 1.54) is 0 Å². The van der Waals surface area contributed by atoms with Gasteiger partial charge in [-0.15, -0.1) is 11.8 Å². The standard InChI is InChI=1S/C13H17N3O2S2/c1-16-9-13(7-11(16)8-14)20(17,18)15-10-3-5-12(19-2)6-4-10/h3-7,9,15H,8,14H2,1-2H3. The van der Waals surface area contributed by atoms with Crippen LogP contribution in [0.1, 0.15) is 5.69 Å². The molecule has 0 saturated heterocycles. The summed E-state index contributed by atoms with van der Waals surface area (Å²) in [6.07, 6.45) is 3.53. The lowest BCUT2D eigenvalue weighted by Crippen LogP contribution is -2.12. The smallest absolute Gasteiger partial charge is 0.263 e. The molecule has 0 atom stereocenters. The van der Waals surface area contributed by atoms with Crippen LogP contribution in [0.3, 0.4) is 0 Å². The van der Waals surface area contributed by atoms with Gasteiger partial charge in [-0.3, -0.25) is 4.72 Å². The van der Waals surface area contributed by atoms with Gasteiger partial charge in [-0.05, 0) is 36.6 Å². The van der Waals surface area contributed by atoms with E-state index >= 15 is 0 Å². The molecule has 0 unspecified atom stereocenters. The highest BCUT2D eigenvalue weighted by Crippen LogP contribution is 2.21. The van der Waals surface area contributed by atoms with E-state index in [0.717, 1.165) is 10.6 Å². The van der Waals surface area contributed by atoms with Gasteiger partial charge in [0, 0.05) is 36.1 Å². The molecule has 1 aromatic heterocycles. The summed E-state index contributed by atoms with van der Waals surface area (Å²) in [5.41, 5.74) is 6.86. The number of hydrogen-bond donors (Lipinski definition) is 2. The summed E-state index contributed by atoms with van der Waals surface area (Å²) < 4.78 is 28.8. The van der Waals surface area contributed by atoms with Gasteiger partial charge in [0.1, 0.15) is 4.90 Å². The van der Waals surface area contributed by atoms with Crippen molar-refractivity contribution in [3.8, 4) is 0 Å². The van der Waals surface area contributed by atoms with Gasteiger partial charge in [0.2, 0.25) is 0 Å². The van der Waals surface area contributed by atoms with Crippen molar-refractivity contribution in [3.63, 3.8) is 0 Å². The van der Waals surface area contributed by atoms with Crippen molar-refractivity contribution in [2.75, 3.05) is 11.0 Å². The average molecular weight is 311 g/mol. The van der Waals surface area contributed by atoms with Crippen molar-refractivity contribution >= 4 is 27.5 Å². The first-order valence-electron chi connectivity index (χ1n) is 5.98. The number of nitrogens with zero attached hydrogens (tertiary/aromatic N) is 1. The number of rotatable bonds is 5. The Labute approximate surface area is 123 Å². The first-order valence-corrected chi connectivity index (χ1v) is 8.69. The number of nitrogens with two attached hydrogens (primary N) is 1. The summed E-state index contributed by atoms with van der Waals surface area (Å²) in [6.45, 7) is 0.300. The molecule has 0 saturated carbocycles. The molecule has 1 heterocycles. The lowest BCUT2D eigenvalue weighted by Gasteiger charge is -2.06. The maximum Gasteiger partial charge on any atom is 0.263 e. The van der Waals surface area contributed by atoms with Crippen molar-refractivity contribution in [2.24, 2.45) is 12.8 Å². The van der Waals surface area contributed by atoms with E-state index in [9.17, 15) is 8.42 Å². The zero-order valence-electron chi connectivity index (χ0n) is 11.3. The molecule has 108 valence electrons.